The molecule has 3 aromatic carbocycles. The van der Waals surface area contributed by atoms with E-state index in [4.69, 9.17) is 4.74 Å². The molecule has 0 aromatic heterocycles. The molecule has 4 rings (SSSR count). The van der Waals surface area contributed by atoms with Crippen molar-refractivity contribution in [3.63, 3.8) is 0 Å². The Morgan fingerprint density at radius 2 is 1.83 bits per heavy atom. The average Bonchev–Trinajstić information content (AvgIpc) is 2.89. The molecule has 1 atom stereocenters. The topological polar surface area (TPSA) is 79.5 Å². The van der Waals surface area contributed by atoms with Crippen molar-refractivity contribution < 1.29 is 14.3 Å². The van der Waals surface area contributed by atoms with Gasteiger partial charge in [-0.15, -0.1) is 0 Å². The normalized spacial score (nSPS) is 15.3. The van der Waals surface area contributed by atoms with Gasteiger partial charge in [0.25, 0.3) is 11.8 Å². The molecule has 6 heteroatoms. The highest BCUT2D eigenvalue weighted by atomic mass is 16.5. The van der Waals surface area contributed by atoms with E-state index in [1.165, 1.54) is 0 Å². The van der Waals surface area contributed by atoms with Crippen LogP contribution >= 0.6 is 0 Å². The Labute approximate surface area is 168 Å². The summed E-state index contributed by atoms with van der Waals surface area (Å²) in [5.74, 6) is -0.0624. The van der Waals surface area contributed by atoms with Gasteiger partial charge in [0.2, 0.25) is 0 Å². The van der Waals surface area contributed by atoms with E-state index in [9.17, 15) is 9.59 Å². The summed E-state index contributed by atoms with van der Waals surface area (Å²) < 4.78 is 5.67. The number of nitrogens with one attached hydrogen (secondary N) is 3. The van der Waals surface area contributed by atoms with Crippen LogP contribution in [0.3, 0.4) is 0 Å². The van der Waals surface area contributed by atoms with Crippen LogP contribution < -0.4 is 20.7 Å². The molecule has 146 valence electrons. The number of hydrogen-bond donors (Lipinski definition) is 3. The highest BCUT2D eigenvalue weighted by Crippen LogP contribution is 2.26. The Hall–Kier alpha value is -3.80. The molecule has 29 heavy (non-hydrogen) atoms. The standard InChI is InChI=1S/C23H21N3O3/c1-15-7-2-3-10-18(15)24-17-9-6-8-16(13-17)22(27)26-20-14-29-21-12-5-4-11-19(21)25-23(20)28/h2-13,20,24H,14H2,1H3,(H,25,28)(H,26,27)/t20-/m0/s1. The number of hydrogen-bond acceptors (Lipinski definition) is 4. The van der Waals surface area contributed by atoms with Crippen molar-refractivity contribution in [1.29, 1.82) is 0 Å². The monoisotopic (exact) mass is 387 g/mol. The van der Waals surface area contributed by atoms with Crippen LogP contribution in [0.5, 0.6) is 5.75 Å². The Bertz CT molecular complexity index is 1060. The van der Waals surface area contributed by atoms with Crippen molar-refractivity contribution in [2.24, 2.45) is 0 Å². The van der Waals surface area contributed by atoms with Gasteiger partial charge >= 0.3 is 0 Å². The van der Waals surface area contributed by atoms with Crippen LogP contribution in [0, 0.1) is 6.92 Å². The van der Waals surface area contributed by atoms with Crippen molar-refractivity contribution in [3.8, 4) is 5.75 Å². The Kier molecular flexibility index (Phi) is 5.16. The number of ether oxygens (including phenoxy) is 1. The molecular formula is C23H21N3O3. The smallest absolute Gasteiger partial charge is 0.252 e. The van der Waals surface area contributed by atoms with Crippen LogP contribution in [0.1, 0.15) is 15.9 Å². The van der Waals surface area contributed by atoms with E-state index in [0.29, 0.717) is 17.0 Å². The SMILES string of the molecule is Cc1ccccc1Nc1cccc(C(=O)N[C@H]2COc3ccccc3NC2=O)c1. The fourth-order valence-corrected chi connectivity index (χ4v) is 3.12. The molecular weight excluding hydrogens is 366 g/mol. The molecule has 0 spiro atoms. The van der Waals surface area contributed by atoms with E-state index in [-0.39, 0.29) is 18.4 Å². The molecule has 0 bridgehead atoms. The van der Waals surface area contributed by atoms with E-state index < -0.39 is 6.04 Å². The number of aryl methyl sites for hydroxylation is 1. The number of carbonyl (C=O) groups excluding carboxylic acids is 2. The van der Waals surface area contributed by atoms with Gasteiger partial charge in [-0.3, -0.25) is 9.59 Å². The van der Waals surface area contributed by atoms with Gasteiger partial charge in [-0.25, -0.2) is 0 Å². The molecule has 1 aliphatic heterocycles. The predicted molar refractivity (Wildman–Crippen MR) is 113 cm³/mol. The minimum Gasteiger partial charge on any atom is -0.489 e. The summed E-state index contributed by atoms with van der Waals surface area (Å²) in [6.07, 6.45) is 0. The summed E-state index contributed by atoms with van der Waals surface area (Å²) in [7, 11) is 0. The van der Waals surface area contributed by atoms with Gasteiger partial charge < -0.3 is 20.7 Å². The molecule has 6 nitrogen and oxygen atoms in total. The van der Waals surface area contributed by atoms with E-state index in [2.05, 4.69) is 16.0 Å². The van der Waals surface area contributed by atoms with Crippen LogP contribution in [0.15, 0.2) is 72.8 Å². The van der Waals surface area contributed by atoms with Crippen LogP contribution in [0.4, 0.5) is 17.1 Å². The lowest BCUT2D eigenvalue weighted by atomic mass is 10.1. The number of para-hydroxylation sites is 3. The Morgan fingerprint density at radius 3 is 2.69 bits per heavy atom. The van der Waals surface area contributed by atoms with Gasteiger partial charge in [0.1, 0.15) is 18.4 Å². The fraction of sp³-hybridized carbons (Fsp3) is 0.130. The molecule has 3 aromatic rings. The summed E-state index contributed by atoms with van der Waals surface area (Å²) in [6.45, 7) is 2.08. The first-order valence-corrected chi connectivity index (χ1v) is 9.36. The molecule has 0 saturated carbocycles. The van der Waals surface area contributed by atoms with E-state index >= 15 is 0 Å². The van der Waals surface area contributed by atoms with Crippen LogP contribution in [-0.2, 0) is 4.79 Å². The zero-order valence-corrected chi connectivity index (χ0v) is 15.9. The number of anilines is 3. The maximum Gasteiger partial charge on any atom is 0.252 e. The maximum absolute atomic E-state index is 12.7. The van der Waals surface area contributed by atoms with Crippen molar-refractivity contribution >= 4 is 28.9 Å². The summed E-state index contributed by atoms with van der Waals surface area (Å²) in [5.41, 5.74) is 3.92. The summed E-state index contributed by atoms with van der Waals surface area (Å²) in [4.78, 5) is 25.2. The molecule has 0 unspecified atom stereocenters. The maximum atomic E-state index is 12.7. The second-order valence-electron chi connectivity index (χ2n) is 6.84. The third kappa shape index (κ3) is 4.21. The zero-order valence-electron chi connectivity index (χ0n) is 15.9. The molecule has 0 saturated heterocycles. The van der Waals surface area contributed by atoms with Crippen molar-refractivity contribution in [1.82, 2.24) is 5.32 Å². The van der Waals surface area contributed by atoms with Crippen molar-refractivity contribution in [2.45, 2.75) is 13.0 Å². The number of fused-ring (bicyclic) bond motifs is 1. The lowest BCUT2D eigenvalue weighted by molar-refractivity contribution is -0.118. The van der Waals surface area contributed by atoms with Crippen LogP contribution in [0.2, 0.25) is 0 Å². The molecule has 0 radical (unpaired) electrons. The number of benzene rings is 3. The highest BCUT2D eigenvalue weighted by Gasteiger charge is 2.26. The van der Waals surface area contributed by atoms with Crippen molar-refractivity contribution in [3.05, 3.63) is 83.9 Å². The first-order valence-electron chi connectivity index (χ1n) is 9.36. The number of rotatable bonds is 4. The lowest BCUT2D eigenvalue weighted by Gasteiger charge is -2.15. The Morgan fingerprint density at radius 1 is 1.03 bits per heavy atom. The van der Waals surface area contributed by atoms with Gasteiger partial charge in [-0.2, -0.15) is 0 Å². The first kappa shape index (κ1) is 18.6. The molecule has 1 aliphatic rings. The van der Waals surface area contributed by atoms with Crippen LogP contribution in [0.25, 0.3) is 0 Å². The predicted octanol–water partition coefficient (Wildman–Crippen LogP) is 3.87. The second kappa shape index (κ2) is 8.06. The van der Waals surface area contributed by atoms with E-state index in [0.717, 1.165) is 16.9 Å². The third-order valence-electron chi connectivity index (χ3n) is 4.72. The molecule has 1 heterocycles. The Balaban J connectivity index is 1.46. The third-order valence-corrected chi connectivity index (χ3v) is 4.72. The number of carbonyl (C=O) groups is 2. The average molecular weight is 387 g/mol. The molecule has 0 fully saturated rings. The van der Waals surface area contributed by atoms with Gasteiger partial charge in [0.05, 0.1) is 5.69 Å². The summed E-state index contributed by atoms with van der Waals surface area (Å²) in [6, 6.07) is 21.5. The zero-order chi connectivity index (χ0) is 20.2. The van der Waals surface area contributed by atoms with Crippen LogP contribution in [-0.4, -0.2) is 24.5 Å². The minimum absolute atomic E-state index is 0.0652. The molecule has 0 aliphatic carbocycles. The van der Waals surface area contributed by atoms with Gasteiger partial charge in [0, 0.05) is 16.9 Å². The summed E-state index contributed by atoms with van der Waals surface area (Å²) in [5, 5.41) is 8.86. The first-order chi connectivity index (χ1) is 14.1. The number of amides is 2. The van der Waals surface area contributed by atoms with E-state index in [1.54, 1.807) is 30.3 Å². The lowest BCUT2D eigenvalue weighted by Crippen LogP contribution is -2.46. The second-order valence-corrected chi connectivity index (χ2v) is 6.84. The van der Waals surface area contributed by atoms with E-state index in [1.807, 2.05) is 49.4 Å². The molecule has 2 amide bonds. The minimum atomic E-state index is -0.789. The van der Waals surface area contributed by atoms with Gasteiger partial charge in [0.15, 0.2) is 0 Å². The van der Waals surface area contributed by atoms with Gasteiger partial charge in [-0.05, 0) is 48.9 Å². The van der Waals surface area contributed by atoms with Gasteiger partial charge in [-0.1, -0.05) is 36.4 Å². The molecule has 3 N–H and O–H groups in total. The van der Waals surface area contributed by atoms with Crippen molar-refractivity contribution in [2.75, 3.05) is 17.2 Å². The quantitative estimate of drug-likeness (QED) is 0.635. The largest absolute Gasteiger partial charge is 0.489 e. The summed E-state index contributed by atoms with van der Waals surface area (Å²) >= 11 is 0. The fourth-order valence-electron chi connectivity index (χ4n) is 3.12. The highest BCUT2D eigenvalue weighted by molar-refractivity contribution is 6.02.